The number of non-ortho nitro benzene ring substituents is 1. The van der Waals surface area contributed by atoms with Crippen molar-refractivity contribution in [2.75, 3.05) is 41.8 Å². The standard InChI is InChI=1S/C17H18N4O4/c22-17(19-14-3-7-16(8-4-14)21(23)24)18-13-1-5-15(6-2-13)20-9-11-25-12-10-20/h1-8H,9-12H2,(H2,18,19,22). The fourth-order valence-corrected chi connectivity index (χ4v) is 2.54. The van der Waals surface area contributed by atoms with Crippen LogP contribution >= 0.6 is 0 Å². The summed E-state index contributed by atoms with van der Waals surface area (Å²) in [7, 11) is 0. The summed E-state index contributed by atoms with van der Waals surface area (Å²) >= 11 is 0. The molecule has 2 amide bonds. The largest absolute Gasteiger partial charge is 0.378 e. The molecule has 1 saturated heterocycles. The Balaban J connectivity index is 1.56. The summed E-state index contributed by atoms with van der Waals surface area (Å²) in [6.07, 6.45) is 0. The Morgan fingerprint density at radius 3 is 2.00 bits per heavy atom. The van der Waals surface area contributed by atoms with E-state index in [1.165, 1.54) is 24.3 Å². The highest BCUT2D eigenvalue weighted by molar-refractivity contribution is 5.99. The van der Waals surface area contributed by atoms with E-state index < -0.39 is 11.0 Å². The van der Waals surface area contributed by atoms with Crippen LogP contribution in [0, 0.1) is 10.1 Å². The highest BCUT2D eigenvalue weighted by Crippen LogP contribution is 2.20. The number of carbonyl (C=O) groups is 1. The van der Waals surface area contributed by atoms with Crippen LogP contribution in [0.4, 0.5) is 27.5 Å². The number of carbonyl (C=O) groups excluding carboxylic acids is 1. The first-order valence-corrected chi connectivity index (χ1v) is 7.87. The minimum absolute atomic E-state index is 0.0235. The van der Waals surface area contributed by atoms with E-state index in [4.69, 9.17) is 4.74 Å². The third kappa shape index (κ3) is 4.45. The monoisotopic (exact) mass is 342 g/mol. The van der Waals surface area contributed by atoms with Gasteiger partial charge in [0.25, 0.3) is 5.69 Å². The van der Waals surface area contributed by atoms with Crippen LogP contribution in [0.1, 0.15) is 0 Å². The van der Waals surface area contributed by atoms with Crippen molar-refractivity contribution in [3.8, 4) is 0 Å². The van der Waals surface area contributed by atoms with Gasteiger partial charge >= 0.3 is 6.03 Å². The van der Waals surface area contributed by atoms with Gasteiger partial charge in [0.1, 0.15) is 0 Å². The van der Waals surface area contributed by atoms with Crippen LogP contribution in [0.25, 0.3) is 0 Å². The van der Waals surface area contributed by atoms with E-state index in [2.05, 4.69) is 15.5 Å². The second-order valence-corrected chi connectivity index (χ2v) is 5.53. The van der Waals surface area contributed by atoms with Crippen LogP contribution in [0.3, 0.4) is 0 Å². The number of urea groups is 1. The van der Waals surface area contributed by atoms with E-state index in [1.54, 1.807) is 0 Å². The first-order chi connectivity index (χ1) is 12.1. The molecule has 130 valence electrons. The lowest BCUT2D eigenvalue weighted by Gasteiger charge is -2.28. The molecule has 2 aromatic rings. The quantitative estimate of drug-likeness (QED) is 0.657. The number of morpholine rings is 1. The van der Waals surface area contributed by atoms with Crippen molar-refractivity contribution in [2.45, 2.75) is 0 Å². The maximum atomic E-state index is 12.0. The zero-order valence-electron chi connectivity index (χ0n) is 13.5. The number of ether oxygens (including phenoxy) is 1. The third-order valence-corrected chi connectivity index (χ3v) is 3.84. The normalized spacial score (nSPS) is 14.0. The molecular weight excluding hydrogens is 324 g/mol. The lowest BCUT2D eigenvalue weighted by atomic mass is 10.2. The number of anilines is 3. The van der Waals surface area contributed by atoms with Crippen molar-refractivity contribution in [2.24, 2.45) is 0 Å². The molecule has 0 atom stereocenters. The molecule has 0 bridgehead atoms. The second-order valence-electron chi connectivity index (χ2n) is 5.53. The van der Waals surface area contributed by atoms with Crippen LogP contribution in [0.5, 0.6) is 0 Å². The summed E-state index contributed by atoms with van der Waals surface area (Å²) in [6.45, 7) is 3.15. The van der Waals surface area contributed by atoms with Crippen molar-refractivity contribution < 1.29 is 14.5 Å². The maximum Gasteiger partial charge on any atom is 0.323 e. The van der Waals surface area contributed by atoms with Gasteiger partial charge in [0.2, 0.25) is 0 Å². The Kier molecular flexibility index (Phi) is 5.10. The summed E-state index contributed by atoms with van der Waals surface area (Å²) in [5.74, 6) is 0. The van der Waals surface area contributed by atoms with Crippen LogP contribution in [0.15, 0.2) is 48.5 Å². The number of nitrogens with zero attached hydrogens (tertiary/aromatic N) is 2. The Bertz CT molecular complexity index is 740. The van der Waals surface area contributed by atoms with Crippen LogP contribution < -0.4 is 15.5 Å². The molecule has 25 heavy (non-hydrogen) atoms. The molecular formula is C17H18N4O4. The number of hydrogen-bond acceptors (Lipinski definition) is 5. The van der Waals surface area contributed by atoms with E-state index in [9.17, 15) is 14.9 Å². The minimum Gasteiger partial charge on any atom is -0.378 e. The molecule has 0 spiro atoms. The van der Waals surface area contributed by atoms with Crippen molar-refractivity contribution in [1.29, 1.82) is 0 Å². The molecule has 0 saturated carbocycles. The van der Waals surface area contributed by atoms with Gasteiger partial charge in [-0.3, -0.25) is 10.1 Å². The zero-order valence-corrected chi connectivity index (χ0v) is 13.5. The number of nitrogens with one attached hydrogen (secondary N) is 2. The lowest BCUT2D eigenvalue weighted by molar-refractivity contribution is -0.384. The number of rotatable bonds is 4. The first kappa shape index (κ1) is 16.7. The van der Waals surface area contributed by atoms with Crippen LogP contribution in [0.2, 0.25) is 0 Å². The van der Waals surface area contributed by atoms with Gasteiger partial charge in [0, 0.05) is 42.3 Å². The van der Waals surface area contributed by atoms with Crippen LogP contribution in [-0.2, 0) is 4.74 Å². The number of nitro benzene ring substituents is 1. The average molecular weight is 342 g/mol. The topological polar surface area (TPSA) is 96.7 Å². The number of hydrogen-bond donors (Lipinski definition) is 2. The maximum absolute atomic E-state index is 12.0. The number of amides is 2. The molecule has 0 radical (unpaired) electrons. The number of nitro groups is 1. The third-order valence-electron chi connectivity index (χ3n) is 3.84. The van der Waals surface area contributed by atoms with Gasteiger partial charge < -0.3 is 20.3 Å². The molecule has 1 aliphatic heterocycles. The second kappa shape index (κ2) is 7.63. The van der Waals surface area contributed by atoms with E-state index in [0.717, 1.165) is 32.0 Å². The molecule has 2 N–H and O–H groups in total. The van der Waals surface area contributed by atoms with Crippen molar-refractivity contribution in [3.63, 3.8) is 0 Å². The summed E-state index contributed by atoms with van der Waals surface area (Å²) in [4.78, 5) is 24.4. The van der Waals surface area contributed by atoms with Gasteiger partial charge in [-0.25, -0.2) is 4.79 Å². The molecule has 1 aliphatic rings. The Morgan fingerprint density at radius 2 is 1.48 bits per heavy atom. The Labute approximate surface area is 144 Å². The molecule has 8 nitrogen and oxygen atoms in total. The molecule has 0 unspecified atom stereocenters. The van der Waals surface area contributed by atoms with E-state index in [1.807, 2.05) is 24.3 Å². The van der Waals surface area contributed by atoms with E-state index in [0.29, 0.717) is 11.4 Å². The van der Waals surface area contributed by atoms with Crippen molar-refractivity contribution in [3.05, 3.63) is 58.6 Å². The Morgan fingerprint density at radius 1 is 0.960 bits per heavy atom. The SMILES string of the molecule is O=C(Nc1ccc(N2CCOCC2)cc1)Nc1ccc([N+](=O)[O-])cc1. The predicted octanol–water partition coefficient (Wildman–Crippen LogP) is 3.08. The highest BCUT2D eigenvalue weighted by Gasteiger charge is 2.11. The molecule has 2 aromatic carbocycles. The fraction of sp³-hybridized carbons (Fsp3) is 0.235. The van der Waals surface area contributed by atoms with Gasteiger partial charge in [-0.1, -0.05) is 0 Å². The average Bonchev–Trinajstić information content (AvgIpc) is 2.63. The lowest BCUT2D eigenvalue weighted by Crippen LogP contribution is -2.36. The van der Waals surface area contributed by atoms with Gasteiger partial charge in [0.15, 0.2) is 0 Å². The highest BCUT2D eigenvalue weighted by atomic mass is 16.6. The van der Waals surface area contributed by atoms with E-state index in [-0.39, 0.29) is 5.69 Å². The number of benzene rings is 2. The molecule has 1 heterocycles. The predicted molar refractivity (Wildman–Crippen MR) is 95.2 cm³/mol. The molecule has 1 fully saturated rings. The summed E-state index contributed by atoms with van der Waals surface area (Å²) in [6, 6.07) is 12.8. The molecule has 0 aromatic heterocycles. The van der Waals surface area contributed by atoms with Gasteiger partial charge in [-0.05, 0) is 36.4 Å². The zero-order chi connectivity index (χ0) is 17.6. The van der Waals surface area contributed by atoms with Gasteiger partial charge in [0.05, 0.1) is 18.1 Å². The minimum atomic E-state index is -0.486. The molecule has 8 heteroatoms. The summed E-state index contributed by atoms with van der Waals surface area (Å²) < 4.78 is 5.33. The fourth-order valence-electron chi connectivity index (χ4n) is 2.54. The Hall–Kier alpha value is -3.13. The smallest absolute Gasteiger partial charge is 0.323 e. The van der Waals surface area contributed by atoms with Crippen molar-refractivity contribution in [1.82, 2.24) is 0 Å². The molecule has 3 rings (SSSR count). The summed E-state index contributed by atoms with van der Waals surface area (Å²) in [5.41, 5.74) is 2.21. The van der Waals surface area contributed by atoms with Gasteiger partial charge in [-0.15, -0.1) is 0 Å². The van der Waals surface area contributed by atoms with Gasteiger partial charge in [-0.2, -0.15) is 0 Å². The molecule has 0 aliphatic carbocycles. The van der Waals surface area contributed by atoms with Crippen molar-refractivity contribution >= 4 is 28.8 Å². The van der Waals surface area contributed by atoms with Crippen LogP contribution in [-0.4, -0.2) is 37.3 Å². The summed E-state index contributed by atoms with van der Waals surface area (Å²) in [5, 5.41) is 16.0. The first-order valence-electron chi connectivity index (χ1n) is 7.87. The van der Waals surface area contributed by atoms with E-state index >= 15 is 0 Å².